The molecular weight excluding hydrogens is 164 g/mol. The van der Waals surface area contributed by atoms with Gasteiger partial charge in [-0.25, -0.2) is 0 Å². The largest absolute Gasteiger partial charge is 0.381 e. The molecule has 0 aromatic carbocycles. The van der Waals surface area contributed by atoms with Gasteiger partial charge in [0.05, 0.1) is 13.2 Å². The van der Waals surface area contributed by atoms with Gasteiger partial charge >= 0.3 is 0 Å². The summed E-state index contributed by atoms with van der Waals surface area (Å²) in [4.78, 5) is 10.9. The van der Waals surface area contributed by atoms with Gasteiger partial charge in [0, 0.05) is 0 Å². The minimum atomic E-state index is 0.0800. The molecular formula is C11H12O2. The fraction of sp³-hybridized carbons (Fsp3) is 0.364. The Morgan fingerprint density at radius 2 is 1.62 bits per heavy atom. The fourth-order valence-electron chi connectivity index (χ4n) is 1.60. The van der Waals surface area contributed by atoms with Crippen molar-refractivity contribution in [2.45, 2.75) is 12.8 Å². The van der Waals surface area contributed by atoms with Gasteiger partial charge in [0.1, 0.15) is 0 Å². The van der Waals surface area contributed by atoms with E-state index in [1.54, 1.807) is 12.2 Å². The van der Waals surface area contributed by atoms with Crippen molar-refractivity contribution in [2.75, 3.05) is 13.2 Å². The number of hydrogen-bond donors (Lipinski definition) is 0. The summed E-state index contributed by atoms with van der Waals surface area (Å²) >= 11 is 0. The summed E-state index contributed by atoms with van der Waals surface area (Å²) in [5.74, 6) is 0.0800. The SMILES string of the molecule is O=C1C=CC(=C2CCOCC2)C=C1. The van der Waals surface area contributed by atoms with Gasteiger partial charge < -0.3 is 4.74 Å². The molecule has 2 heteroatoms. The number of rotatable bonds is 0. The summed E-state index contributed by atoms with van der Waals surface area (Å²) in [6.45, 7) is 1.63. The Morgan fingerprint density at radius 3 is 2.23 bits per heavy atom. The van der Waals surface area contributed by atoms with Gasteiger partial charge in [-0.15, -0.1) is 0 Å². The molecule has 0 N–H and O–H groups in total. The van der Waals surface area contributed by atoms with Crippen LogP contribution in [0.4, 0.5) is 0 Å². The second kappa shape index (κ2) is 3.71. The van der Waals surface area contributed by atoms with E-state index in [0.29, 0.717) is 0 Å². The molecule has 0 atom stereocenters. The van der Waals surface area contributed by atoms with Crippen molar-refractivity contribution in [2.24, 2.45) is 0 Å². The zero-order chi connectivity index (χ0) is 9.10. The summed E-state index contributed by atoms with van der Waals surface area (Å²) in [5.41, 5.74) is 2.61. The fourth-order valence-corrected chi connectivity index (χ4v) is 1.60. The molecule has 0 amide bonds. The predicted molar refractivity (Wildman–Crippen MR) is 50.4 cm³/mol. The molecule has 0 aromatic rings. The predicted octanol–water partition coefficient (Wildman–Crippen LogP) is 1.79. The molecule has 0 bridgehead atoms. The lowest BCUT2D eigenvalue weighted by Gasteiger charge is -2.17. The zero-order valence-electron chi connectivity index (χ0n) is 7.45. The molecule has 1 aliphatic carbocycles. The lowest BCUT2D eigenvalue weighted by atomic mass is 9.97. The molecule has 0 radical (unpaired) electrons. The number of allylic oxidation sites excluding steroid dienone is 5. The van der Waals surface area contributed by atoms with Crippen LogP contribution in [-0.4, -0.2) is 19.0 Å². The van der Waals surface area contributed by atoms with Crippen LogP contribution in [0.5, 0.6) is 0 Å². The van der Waals surface area contributed by atoms with Crippen LogP contribution in [0, 0.1) is 0 Å². The van der Waals surface area contributed by atoms with E-state index in [1.807, 2.05) is 12.2 Å². The van der Waals surface area contributed by atoms with Crippen molar-refractivity contribution in [3.8, 4) is 0 Å². The van der Waals surface area contributed by atoms with E-state index in [2.05, 4.69) is 0 Å². The maximum atomic E-state index is 10.9. The minimum Gasteiger partial charge on any atom is -0.381 e. The second-order valence-electron chi connectivity index (χ2n) is 3.24. The molecule has 2 rings (SSSR count). The average molecular weight is 176 g/mol. The van der Waals surface area contributed by atoms with E-state index in [1.165, 1.54) is 11.1 Å². The van der Waals surface area contributed by atoms with E-state index in [9.17, 15) is 4.79 Å². The van der Waals surface area contributed by atoms with E-state index in [-0.39, 0.29) is 5.78 Å². The van der Waals surface area contributed by atoms with Crippen LogP contribution in [0.15, 0.2) is 35.5 Å². The molecule has 0 unspecified atom stereocenters. The van der Waals surface area contributed by atoms with Crippen molar-refractivity contribution in [1.29, 1.82) is 0 Å². The molecule has 1 fully saturated rings. The molecule has 1 aliphatic heterocycles. The van der Waals surface area contributed by atoms with Crippen LogP contribution in [0.25, 0.3) is 0 Å². The van der Waals surface area contributed by atoms with Gasteiger partial charge in [0.2, 0.25) is 0 Å². The van der Waals surface area contributed by atoms with Crippen LogP contribution >= 0.6 is 0 Å². The highest BCUT2D eigenvalue weighted by Crippen LogP contribution is 2.21. The summed E-state index contributed by atoms with van der Waals surface area (Å²) in [5, 5.41) is 0. The number of carbonyl (C=O) groups is 1. The molecule has 0 saturated carbocycles. The quantitative estimate of drug-likeness (QED) is 0.562. The van der Waals surface area contributed by atoms with Gasteiger partial charge in [-0.05, 0) is 30.6 Å². The molecule has 2 aliphatic rings. The van der Waals surface area contributed by atoms with E-state index in [4.69, 9.17) is 4.74 Å². The monoisotopic (exact) mass is 176 g/mol. The molecule has 1 saturated heterocycles. The van der Waals surface area contributed by atoms with Crippen molar-refractivity contribution in [3.63, 3.8) is 0 Å². The molecule has 2 nitrogen and oxygen atoms in total. The van der Waals surface area contributed by atoms with Gasteiger partial charge in [-0.3, -0.25) is 4.79 Å². The average Bonchev–Trinajstić information content (AvgIpc) is 2.20. The summed E-state index contributed by atoms with van der Waals surface area (Å²) < 4.78 is 5.26. The van der Waals surface area contributed by atoms with Gasteiger partial charge in [0.15, 0.2) is 5.78 Å². The van der Waals surface area contributed by atoms with Crippen LogP contribution in [0.3, 0.4) is 0 Å². The topological polar surface area (TPSA) is 26.3 Å². The Kier molecular flexibility index (Phi) is 2.41. The molecule has 1 heterocycles. The van der Waals surface area contributed by atoms with Crippen molar-refractivity contribution < 1.29 is 9.53 Å². The van der Waals surface area contributed by atoms with Crippen LogP contribution in [0.2, 0.25) is 0 Å². The van der Waals surface area contributed by atoms with E-state index in [0.717, 1.165) is 26.1 Å². The third-order valence-corrected chi connectivity index (χ3v) is 2.36. The third-order valence-electron chi connectivity index (χ3n) is 2.36. The van der Waals surface area contributed by atoms with Gasteiger partial charge in [0.25, 0.3) is 0 Å². The first-order valence-corrected chi connectivity index (χ1v) is 4.56. The Bertz CT molecular complexity index is 282. The Hall–Kier alpha value is -1.15. The maximum Gasteiger partial charge on any atom is 0.178 e. The number of carbonyl (C=O) groups excluding carboxylic acids is 1. The lowest BCUT2D eigenvalue weighted by Crippen LogP contribution is -2.09. The normalized spacial score (nSPS) is 22.6. The van der Waals surface area contributed by atoms with Crippen LogP contribution in [0.1, 0.15) is 12.8 Å². The first kappa shape index (κ1) is 8.45. The van der Waals surface area contributed by atoms with Crippen molar-refractivity contribution >= 4 is 5.78 Å². The first-order chi connectivity index (χ1) is 6.36. The molecule has 0 spiro atoms. The highest BCUT2D eigenvalue weighted by Gasteiger charge is 2.10. The molecule has 68 valence electrons. The standard InChI is InChI=1S/C11H12O2/c12-11-3-1-9(2-4-11)10-5-7-13-8-6-10/h1-4H,5-8H2. The number of hydrogen-bond acceptors (Lipinski definition) is 2. The van der Waals surface area contributed by atoms with Crippen molar-refractivity contribution in [1.82, 2.24) is 0 Å². The van der Waals surface area contributed by atoms with Crippen molar-refractivity contribution in [3.05, 3.63) is 35.5 Å². The maximum absolute atomic E-state index is 10.9. The number of ketones is 1. The van der Waals surface area contributed by atoms with E-state index < -0.39 is 0 Å². The Labute approximate surface area is 77.6 Å². The van der Waals surface area contributed by atoms with Crippen LogP contribution in [-0.2, 0) is 9.53 Å². The second-order valence-corrected chi connectivity index (χ2v) is 3.24. The summed E-state index contributed by atoms with van der Waals surface area (Å²) in [7, 11) is 0. The molecule has 0 aromatic heterocycles. The number of ether oxygens (including phenoxy) is 1. The Morgan fingerprint density at radius 1 is 1.00 bits per heavy atom. The zero-order valence-corrected chi connectivity index (χ0v) is 7.45. The van der Waals surface area contributed by atoms with Gasteiger partial charge in [-0.1, -0.05) is 17.7 Å². The van der Waals surface area contributed by atoms with E-state index >= 15 is 0 Å². The summed E-state index contributed by atoms with van der Waals surface area (Å²) in [6, 6.07) is 0. The van der Waals surface area contributed by atoms with Gasteiger partial charge in [-0.2, -0.15) is 0 Å². The third kappa shape index (κ3) is 1.95. The highest BCUT2D eigenvalue weighted by atomic mass is 16.5. The lowest BCUT2D eigenvalue weighted by molar-refractivity contribution is -0.110. The smallest absolute Gasteiger partial charge is 0.178 e. The first-order valence-electron chi connectivity index (χ1n) is 4.56. The van der Waals surface area contributed by atoms with Crippen LogP contribution < -0.4 is 0 Å². The minimum absolute atomic E-state index is 0.0800. The Balaban J connectivity index is 2.18. The molecule has 13 heavy (non-hydrogen) atoms. The summed E-state index contributed by atoms with van der Waals surface area (Å²) in [6.07, 6.45) is 9.05. The highest BCUT2D eigenvalue weighted by molar-refractivity contribution is 6.01.